The summed E-state index contributed by atoms with van der Waals surface area (Å²) in [6, 6.07) is 13.6. The highest BCUT2D eigenvalue weighted by Crippen LogP contribution is 2.30. The lowest BCUT2D eigenvalue weighted by Gasteiger charge is -2.10. The summed E-state index contributed by atoms with van der Waals surface area (Å²) in [6.45, 7) is 0.0339. The van der Waals surface area contributed by atoms with E-state index in [1.165, 1.54) is 16.7 Å². The monoisotopic (exact) mass is 393 g/mol. The molecule has 0 aliphatic carbocycles. The van der Waals surface area contributed by atoms with Crippen molar-refractivity contribution in [3.05, 3.63) is 93.8 Å². The minimum Gasteiger partial charge on any atom is -0.477 e. The third-order valence-corrected chi connectivity index (χ3v) is 4.35. The smallest absolute Gasteiger partial charge is 0.416 e. The van der Waals surface area contributed by atoms with E-state index >= 15 is 0 Å². The van der Waals surface area contributed by atoms with E-state index in [2.05, 4.69) is 0 Å². The summed E-state index contributed by atoms with van der Waals surface area (Å²) in [5.41, 5.74) is 1.34. The second kappa shape index (κ2) is 7.48. The van der Waals surface area contributed by atoms with Gasteiger partial charge < -0.3 is 9.67 Å². The highest BCUT2D eigenvalue weighted by atomic mass is 35.5. The number of hydrogen-bond donors (Lipinski definition) is 1. The molecular weight excluding hydrogens is 379 g/mol. The number of carboxylic acid groups (broad SMARTS) is 1. The summed E-state index contributed by atoms with van der Waals surface area (Å²) in [4.78, 5) is 11.5. The third kappa shape index (κ3) is 4.71. The molecule has 0 aliphatic rings. The summed E-state index contributed by atoms with van der Waals surface area (Å²) < 4.78 is 40.1. The van der Waals surface area contributed by atoms with E-state index in [0.717, 1.165) is 23.3 Å². The molecule has 0 spiro atoms. The molecule has 0 saturated carbocycles. The molecule has 0 amide bonds. The van der Waals surface area contributed by atoms with Crippen LogP contribution < -0.4 is 0 Å². The summed E-state index contributed by atoms with van der Waals surface area (Å²) in [7, 11) is 0. The maximum absolute atomic E-state index is 12.9. The molecular formula is C20H15ClF3NO2. The average molecular weight is 394 g/mol. The number of hydrogen-bond acceptors (Lipinski definition) is 1. The van der Waals surface area contributed by atoms with Gasteiger partial charge in [-0.1, -0.05) is 35.9 Å². The normalized spacial score (nSPS) is 11.6. The Balaban J connectivity index is 1.88. The largest absolute Gasteiger partial charge is 0.477 e. The number of carboxylic acids is 1. The van der Waals surface area contributed by atoms with Crippen molar-refractivity contribution in [3.8, 4) is 0 Å². The first-order valence-corrected chi connectivity index (χ1v) is 8.43. The van der Waals surface area contributed by atoms with Gasteiger partial charge in [-0.2, -0.15) is 13.2 Å². The molecule has 0 unspecified atom stereocenters. The van der Waals surface area contributed by atoms with E-state index in [1.807, 2.05) is 12.1 Å². The predicted molar refractivity (Wildman–Crippen MR) is 96.2 cm³/mol. The van der Waals surface area contributed by atoms with Gasteiger partial charge in [-0.05, 0) is 53.4 Å². The SMILES string of the molecule is O=C(O)c1cc(Cc2ccc(Cl)cc2)cn1Cc1cccc(C(F)(F)F)c1. The van der Waals surface area contributed by atoms with Crippen LogP contribution in [0.25, 0.3) is 0 Å². The zero-order valence-electron chi connectivity index (χ0n) is 14.0. The summed E-state index contributed by atoms with van der Waals surface area (Å²) in [5.74, 6) is -1.13. The van der Waals surface area contributed by atoms with Crippen molar-refractivity contribution in [2.24, 2.45) is 0 Å². The number of benzene rings is 2. The number of halogens is 4. The van der Waals surface area contributed by atoms with E-state index in [0.29, 0.717) is 17.0 Å². The molecule has 1 N–H and O–H groups in total. The Kier molecular flexibility index (Phi) is 5.28. The van der Waals surface area contributed by atoms with E-state index < -0.39 is 17.7 Å². The Morgan fingerprint density at radius 2 is 1.70 bits per heavy atom. The average Bonchev–Trinajstić information content (AvgIpc) is 2.99. The minimum atomic E-state index is -4.44. The van der Waals surface area contributed by atoms with Crippen molar-refractivity contribution < 1.29 is 23.1 Å². The van der Waals surface area contributed by atoms with Crippen LogP contribution in [0.5, 0.6) is 0 Å². The van der Waals surface area contributed by atoms with Crippen LogP contribution in [0, 0.1) is 0 Å². The maximum Gasteiger partial charge on any atom is 0.416 e. The molecule has 3 nitrogen and oxygen atoms in total. The fourth-order valence-electron chi connectivity index (χ4n) is 2.86. The molecule has 27 heavy (non-hydrogen) atoms. The molecule has 0 bridgehead atoms. The predicted octanol–water partition coefficient (Wildman–Crippen LogP) is 5.50. The second-order valence-electron chi connectivity index (χ2n) is 6.17. The maximum atomic E-state index is 12.9. The van der Waals surface area contributed by atoms with Crippen LogP contribution in [0.15, 0.2) is 60.8 Å². The lowest BCUT2D eigenvalue weighted by molar-refractivity contribution is -0.137. The molecule has 0 atom stereocenters. The van der Waals surface area contributed by atoms with Crippen molar-refractivity contribution in [1.82, 2.24) is 4.57 Å². The van der Waals surface area contributed by atoms with Crippen molar-refractivity contribution >= 4 is 17.6 Å². The molecule has 3 rings (SSSR count). The first-order chi connectivity index (χ1) is 12.7. The Hall–Kier alpha value is -2.73. The molecule has 0 saturated heterocycles. The van der Waals surface area contributed by atoms with Gasteiger partial charge >= 0.3 is 12.1 Å². The van der Waals surface area contributed by atoms with Gasteiger partial charge in [-0.25, -0.2) is 4.79 Å². The quantitative estimate of drug-likeness (QED) is 0.622. The molecule has 7 heteroatoms. The van der Waals surface area contributed by atoms with Crippen molar-refractivity contribution in [1.29, 1.82) is 0 Å². The molecule has 140 valence electrons. The van der Waals surface area contributed by atoms with Crippen LogP contribution in [-0.4, -0.2) is 15.6 Å². The van der Waals surface area contributed by atoms with E-state index in [4.69, 9.17) is 11.6 Å². The molecule has 0 fully saturated rings. The second-order valence-corrected chi connectivity index (χ2v) is 6.60. The Bertz CT molecular complexity index is 962. The Morgan fingerprint density at radius 3 is 2.33 bits per heavy atom. The lowest BCUT2D eigenvalue weighted by atomic mass is 10.1. The molecule has 1 aromatic heterocycles. The van der Waals surface area contributed by atoms with E-state index in [1.54, 1.807) is 24.4 Å². The van der Waals surface area contributed by atoms with Crippen LogP contribution in [0.1, 0.15) is 32.7 Å². The van der Waals surface area contributed by atoms with Crippen LogP contribution in [-0.2, 0) is 19.1 Å². The zero-order valence-corrected chi connectivity index (χ0v) is 14.8. The van der Waals surface area contributed by atoms with E-state index in [-0.39, 0.29) is 12.2 Å². The number of nitrogens with zero attached hydrogens (tertiary/aromatic N) is 1. The van der Waals surface area contributed by atoms with Crippen molar-refractivity contribution in [2.75, 3.05) is 0 Å². The number of aromatic nitrogens is 1. The fraction of sp³-hybridized carbons (Fsp3) is 0.150. The van der Waals surface area contributed by atoms with Crippen molar-refractivity contribution in [2.45, 2.75) is 19.1 Å². The topological polar surface area (TPSA) is 42.2 Å². The van der Waals surface area contributed by atoms with Crippen LogP contribution in [0.2, 0.25) is 5.02 Å². The van der Waals surface area contributed by atoms with Crippen LogP contribution in [0.3, 0.4) is 0 Å². The summed E-state index contributed by atoms with van der Waals surface area (Å²) >= 11 is 5.86. The lowest BCUT2D eigenvalue weighted by Crippen LogP contribution is -2.10. The first-order valence-electron chi connectivity index (χ1n) is 8.05. The van der Waals surface area contributed by atoms with Gasteiger partial charge in [-0.15, -0.1) is 0 Å². The van der Waals surface area contributed by atoms with Crippen molar-refractivity contribution in [3.63, 3.8) is 0 Å². The van der Waals surface area contributed by atoms with Gasteiger partial charge in [0.05, 0.1) is 5.56 Å². The summed E-state index contributed by atoms with van der Waals surface area (Å²) in [5, 5.41) is 10.0. The molecule has 2 aromatic carbocycles. The number of alkyl halides is 3. The number of rotatable bonds is 5. The van der Waals surface area contributed by atoms with Gasteiger partial charge in [0, 0.05) is 17.8 Å². The van der Waals surface area contributed by atoms with Crippen LogP contribution >= 0.6 is 11.6 Å². The van der Waals surface area contributed by atoms with E-state index in [9.17, 15) is 23.1 Å². The molecule has 0 aliphatic heterocycles. The van der Waals surface area contributed by atoms with Gasteiger partial charge in [0.1, 0.15) is 5.69 Å². The first kappa shape index (κ1) is 19.0. The van der Waals surface area contributed by atoms with Gasteiger partial charge in [0.2, 0.25) is 0 Å². The zero-order chi connectivity index (χ0) is 19.6. The Labute approximate surface area is 158 Å². The third-order valence-electron chi connectivity index (χ3n) is 4.10. The minimum absolute atomic E-state index is 0.0244. The molecule has 0 radical (unpaired) electrons. The molecule has 3 aromatic rings. The highest BCUT2D eigenvalue weighted by molar-refractivity contribution is 6.30. The highest BCUT2D eigenvalue weighted by Gasteiger charge is 2.30. The van der Waals surface area contributed by atoms with Gasteiger partial charge in [0.15, 0.2) is 0 Å². The standard InChI is InChI=1S/C20H15ClF3NO2/c21-17-6-4-13(5-7-17)8-15-10-18(19(26)27)25(12-15)11-14-2-1-3-16(9-14)20(22,23)24/h1-7,9-10,12H,8,11H2,(H,26,27). The van der Waals surface area contributed by atoms with Crippen LogP contribution in [0.4, 0.5) is 13.2 Å². The van der Waals surface area contributed by atoms with Gasteiger partial charge in [0.25, 0.3) is 0 Å². The van der Waals surface area contributed by atoms with Gasteiger partial charge in [-0.3, -0.25) is 0 Å². The summed E-state index contributed by atoms with van der Waals surface area (Å²) in [6.07, 6.45) is -2.30. The number of aromatic carboxylic acids is 1. The Morgan fingerprint density at radius 1 is 1.00 bits per heavy atom. The number of carbonyl (C=O) groups is 1. The molecule has 1 heterocycles. The fourth-order valence-corrected chi connectivity index (χ4v) is 2.98.